The van der Waals surface area contributed by atoms with Crippen LogP contribution in [-0.4, -0.2) is 0 Å². The molecule has 0 unspecified atom stereocenters. The fourth-order valence-electron chi connectivity index (χ4n) is 1.68. The van der Waals surface area contributed by atoms with E-state index < -0.39 is 0 Å². The molecule has 1 aliphatic carbocycles. The maximum atomic E-state index is 3.84. The van der Waals surface area contributed by atoms with E-state index in [2.05, 4.69) is 6.92 Å². The first kappa shape index (κ1) is 8.10. The topological polar surface area (TPSA) is 0 Å². The summed E-state index contributed by atoms with van der Waals surface area (Å²) in [4.78, 5) is 0. The van der Waals surface area contributed by atoms with Gasteiger partial charge in [0.25, 0.3) is 0 Å². The van der Waals surface area contributed by atoms with Crippen LogP contribution >= 0.6 is 0 Å². The third-order valence-corrected chi connectivity index (χ3v) is 2.34. The van der Waals surface area contributed by atoms with Crippen molar-refractivity contribution in [1.29, 1.82) is 0 Å². The van der Waals surface area contributed by atoms with Crippen molar-refractivity contribution in [1.82, 2.24) is 0 Å². The maximum Gasteiger partial charge on any atom is -0.0241 e. The van der Waals surface area contributed by atoms with Gasteiger partial charge >= 0.3 is 0 Å². The molecule has 0 aliphatic heterocycles. The van der Waals surface area contributed by atoms with Gasteiger partial charge in [-0.15, -0.1) is 0 Å². The number of unbranched alkanes of at least 4 members (excludes halogenated alkanes) is 2. The predicted molar refractivity (Wildman–Crippen MR) is 45.5 cm³/mol. The Morgan fingerprint density at radius 3 is 2.40 bits per heavy atom. The highest BCUT2D eigenvalue weighted by molar-refractivity contribution is 4.93. The molecule has 2 radical (unpaired) electrons. The van der Waals surface area contributed by atoms with E-state index in [9.17, 15) is 0 Å². The normalized spacial score (nSPS) is 20.1. The first-order valence-electron chi connectivity index (χ1n) is 4.56. The van der Waals surface area contributed by atoms with Gasteiger partial charge in [-0.25, -0.2) is 0 Å². The molecular formula is C10H18. The van der Waals surface area contributed by atoms with Crippen molar-refractivity contribution >= 4 is 0 Å². The smallest absolute Gasteiger partial charge is 0.0241 e. The van der Waals surface area contributed by atoms with Crippen molar-refractivity contribution in [2.75, 3.05) is 0 Å². The Balaban J connectivity index is 1.91. The number of hydrogen-bond acceptors (Lipinski definition) is 0. The van der Waals surface area contributed by atoms with Crippen LogP contribution in [0.25, 0.3) is 0 Å². The molecule has 0 atom stereocenters. The highest BCUT2D eigenvalue weighted by atomic mass is 14.2. The molecule has 0 aromatic carbocycles. The quantitative estimate of drug-likeness (QED) is 0.521. The molecule has 58 valence electrons. The Bertz CT molecular complexity index is 70.1. The monoisotopic (exact) mass is 138 g/mol. The van der Waals surface area contributed by atoms with Gasteiger partial charge < -0.3 is 0 Å². The largest absolute Gasteiger partial charge is 0.0533 e. The van der Waals surface area contributed by atoms with Crippen LogP contribution in [0, 0.1) is 12.8 Å². The summed E-state index contributed by atoms with van der Waals surface area (Å²) in [5, 5.41) is 0. The molecule has 0 aromatic heterocycles. The summed E-state index contributed by atoms with van der Waals surface area (Å²) >= 11 is 0. The summed E-state index contributed by atoms with van der Waals surface area (Å²) in [6, 6.07) is 0. The van der Waals surface area contributed by atoms with E-state index >= 15 is 0 Å². The lowest BCUT2D eigenvalue weighted by Gasteiger charge is -2.05. The van der Waals surface area contributed by atoms with E-state index in [4.69, 9.17) is 0 Å². The average molecular weight is 138 g/mol. The summed E-state index contributed by atoms with van der Waals surface area (Å²) < 4.78 is 0. The van der Waals surface area contributed by atoms with Crippen molar-refractivity contribution in [3.05, 3.63) is 12.8 Å². The van der Waals surface area contributed by atoms with Gasteiger partial charge in [0, 0.05) is 0 Å². The lowest BCUT2D eigenvalue weighted by atomic mass is 10.0. The standard InChI is InChI=1S/C10H18/c1-2-3-4-7-10-8-5-6-9-10/h1-9H2. The molecule has 0 nitrogen and oxygen atoms in total. The average Bonchev–Trinajstić information content (AvgIpc) is 2.41. The number of rotatable bonds is 4. The molecule has 1 aliphatic rings. The van der Waals surface area contributed by atoms with Gasteiger partial charge in [0.1, 0.15) is 0 Å². The van der Waals surface area contributed by atoms with Crippen molar-refractivity contribution in [2.45, 2.75) is 51.4 Å². The van der Waals surface area contributed by atoms with Crippen LogP contribution in [-0.2, 0) is 0 Å². The van der Waals surface area contributed by atoms with Crippen molar-refractivity contribution in [3.8, 4) is 0 Å². The SMILES string of the molecule is [CH2]CCCC[C]1CCCC1. The Hall–Kier alpha value is 0. The summed E-state index contributed by atoms with van der Waals surface area (Å²) in [5.74, 6) is 1.83. The summed E-state index contributed by atoms with van der Waals surface area (Å²) in [7, 11) is 0. The van der Waals surface area contributed by atoms with E-state index in [1.165, 1.54) is 44.9 Å². The Morgan fingerprint density at radius 2 is 1.80 bits per heavy atom. The second kappa shape index (κ2) is 4.76. The highest BCUT2D eigenvalue weighted by Gasteiger charge is 2.13. The molecule has 1 saturated carbocycles. The Kier molecular flexibility index (Phi) is 3.86. The van der Waals surface area contributed by atoms with Crippen LogP contribution in [0.5, 0.6) is 0 Å². The van der Waals surface area contributed by atoms with E-state index in [0.29, 0.717) is 0 Å². The van der Waals surface area contributed by atoms with E-state index in [0.717, 1.165) is 6.42 Å². The lowest BCUT2D eigenvalue weighted by molar-refractivity contribution is 0.664. The van der Waals surface area contributed by atoms with Gasteiger partial charge in [0.05, 0.1) is 0 Å². The van der Waals surface area contributed by atoms with Crippen molar-refractivity contribution in [2.24, 2.45) is 0 Å². The third-order valence-electron chi connectivity index (χ3n) is 2.34. The molecule has 1 rings (SSSR count). The minimum absolute atomic E-state index is 1.12. The van der Waals surface area contributed by atoms with Gasteiger partial charge in [-0.1, -0.05) is 39.0 Å². The van der Waals surface area contributed by atoms with E-state index in [1.54, 1.807) is 0 Å². The van der Waals surface area contributed by atoms with Crippen LogP contribution in [0.1, 0.15) is 51.4 Å². The highest BCUT2D eigenvalue weighted by Crippen LogP contribution is 2.30. The van der Waals surface area contributed by atoms with Gasteiger partial charge in [-0.05, 0) is 25.2 Å². The summed E-state index contributed by atoms with van der Waals surface area (Å²) in [5.41, 5.74) is 0. The zero-order valence-electron chi connectivity index (χ0n) is 6.86. The molecule has 1 fully saturated rings. The van der Waals surface area contributed by atoms with Crippen molar-refractivity contribution in [3.63, 3.8) is 0 Å². The fourth-order valence-corrected chi connectivity index (χ4v) is 1.68. The second-order valence-corrected chi connectivity index (χ2v) is 3.27. The van der Waals surface area contributed by atoms with Crippen LogP contribution in [0.2, 0.25) is 0 Å². The fraction of sp³-hybridized carbons (Fsp3) is 0.800. The van der Waals surface area contributed by atoms with E-state index in [-0.39, 0.29) is 0 Å². The van der Waals surface area contributed by atoms with Crippen molar-refractivity contribution < 1.29 is 0 Å². The molecule has 0 saturated heterocycles. The van der Waals surface area contributed by atoms with Crippen LogP contribution in [0.15, 0.2) is 0 Å². The minimum atomic E-state index is 1.12. The minimum Gasteiger partial charge on any atom is -0.0533 e. The van der Waals surface area contributed by atoms with Crippen LogP contribution in [0.3, 0.4) is 0 Å². The zero-order chi connectivity index (χ0) is 7.23. The molecule has 0 bridgehead atoms. The molecule has 10 heavy (non-hydrogen) atoms. The Morgan fingerprint density at radius 1 is 1.10 bits per heavy atom. The first-order valence-corrected chi connectivity index (χ1v) is 4.56. The van der Waals surface area contributed by atoms with Crippen LogP contribution < -0.4 is 0 Å². The molecule has 0 spiro atoms. The molecule has 0 amide bonds. The first-order chi connectivity index (χ1) is 4.93. The van der Waals surface area contributed by atoms with Gasteiger partial charge in [-0.3, -0.25) is 0 Å². The molecule has 0 N–H and O–H groups in total. The van der Waals surface area contributed by atoms with Gasteiger partial charge in [0.15, 0.2) is 0 Å². The van der Waals surface area contributed by atoms with Gasteiger partial charge in [0.2, 0.25) is 0 Å². The number of hydrogen-bond donors (Lipinski definition) is 0. The molecular weight excluding hydrogens is 120 g/mol. The molecule has 0 aromatic rings. The summed E-state index contributed by atoms with van der Waals surface area (Å²) in [6.45, 7) is 3.84. The predicted octanol–water partition coefficient (Wildman–Crippen LogP) is 3.53. The van der Waals surface area contributed by atoms with Gasteiger partial charge in [-0.2, -0.15) is 0 Å². The molecule has 0 heteroatoms. The molecule has 0 heterocycles. The summed E-state index contributed by atoms with van der Waals surface area (Å²) in [6.07, 6.45) is 11.0. The Labute approximate surface area is 65.0 Å². The lowest BCUT2D eigenvalue weighted by Crippen LogP contribution is -1.89. The zero-order valence-corrected chi connectivity index (χ0v) is 6.86. The maximum absolute atomic E-state index is 3.84. The van der Waals surface area contributed by atoms with Crippen LogP contribution in [0.4, 0.5) is 0 Å². The van der Waals surface area contributed by atoms with E-state index in [1.807, 2.05) is 5.92 Å². The second-order valence-electron chi connectivity index (χ2n) is 3.27. The third kappa shape index (κ3) is 2.72.